The van der Waals surface area contributed by atoms with Gasteiger partial charge < -0.3 is 5.43 Å². The Kier molecular flexibility index (Phi) is 3.68. The van der Waals surface area contributed by atoms with Crippen LogP contribution in [0.5, 0.6) is 0 Å². The van der Waals surface area contributed by atoms with E-state index < -0.39 is 0 Å². The van der Waals surface area contributed by atoms with Gasteiger partial charge in [-0.25, -0.2) is 10.8 Å². The van der Waals surface area contributed by atoms with Crippen LogP contribution in [0.4, 0.5) is 5.82 Å². The van der Waals surface area contributed by atoms with E-state index in [4.69, 9.17) is 5.84 Å². The molecule has 5 nitrogen and oxygen atoms in total. The van der Waals surface area contributed by atoms with Crippen LogP contribution in [0.25, 0.3) is 0 Å². The first kappa shape index (κ1) is 12.8. The third kappa shape index (κ3) is 2.73. The molecule has 3 rings (SSSR count). The Morgan fingerprint density at radius 1 is 1.32 bits per heavy atom. The predicted molar refractivity (Wildman–Crippen MR) is 76.5 cm³/mol. The largest absolute Gasteiger partial charge is 0.308 e. The molecule has 0 aliphatic carbocycles. The normalized spacial score (nSPS) is 28.3. The molecule has 1 aromatic rings. The van der Waals surface area contributed by atoms with Gasteiger partial charge in [-0.1, -0.05) is 6.07 Å². The molecule has 2 atom stereocenters. The van der Waals surface area contributed by atoms with Gasteiger partial charge in [0.1, 0.15) is 5.82 Å². The lowest BCUT2D eigenvalue weighted by Crippen LogP contribution is -2.36. The number of aromatic nitrogens is 1. The van der Waals surface area contributed by atoms with Gasteiger partial charge in [-0.3, -0.25) is 9.80 Å². The van der Waals surface area contributed by atoms with Crippen molar-refractivity contribution in [3.8, 4) is 0 Å². The van der Waals surface area contributed by atoms with Gasteiger partial charge in [-0.05, 0) is 38.4 Å². The highest BCUT2D eigenvalue weighted by atomic mass is 15.3. The second-order valence-corrected chi connectivity index (χ2v) is 5.73. The number of likely N-dealkylation sites (N-methyl/N-ethyl adjacent to an activating group) is 1. The van der Waals surface area contributed by atoms with Gasteiger partial charge in [-0.15, -0.1) is 0 Å². The molecule has 0 saturated carbocycles. The minimum Gasteiger partial charge on any atom is -0.308 e. The van der Waals surface area contributed by atoms with Crippen LogP contribution in [0.2, 0.25) is 0 Å². The van der Waals surface area contributed by atoms with Crippen molar-refractivity contribution in [2.45, 2.75) is 37.9 Å². The van der Waals surface area contributed by atoms with E-state index in [-0.39, 0.29) is 0 Å². The highest BCUT2D eigenvalue weighted by molar-refractivity contribution is 5.33. The number of nitrogens with two attached hydrogens (primary N) is 1. The third-order valence-corrected chi connectivity index (χ3v) is 4.57. The summed E-state index contributed by atoms with van der Waals surface area (Å²) in [5.74, 6) is 6.15. The van der Waals surface area contributed by atoms with Crippen LogP contribution in [-0.2, 0) is 6.54 Å². The molecule has 3 heterocycles. The quantitative estimate of drug-likeness (QED) is 0.629. The Hall–Kier alpha value is -1.17. The maximum absolute atomic E-state index is 5.41. The van der Waals surface area contributed by atoms with Gasteiger partial charge >= 0.3 is 0 Å². The SMILES string of the molecule is CN1C2CCC1CN(Cc1cccc(NN)n1)CC2. The zero-order chi connectivity index (χ0) is 13.2. The molecule has 5 heteroatoms. The number of pyridine rings is 1. The Morgan fingerprint density at radius 2 is 2.16 bits per heavy atom. The summed E-state index contributed by atoms with van der Waals surface area (Å²) in [5.41, 5.74) is 3.71. The summed E-state index contributed by atoms with van der Waals surface area (Å²) in [7, 11) is 2.28. The fraction of sp³-hybridized carbons (Fsp3) is 0.643. The van der Waals surface area contributed by atoms with Crippen LogP contribution in [0.15, 0.2) is 18.2 Å². The van der Waals surface area contributed by atoms with E-state index in [1.807, 2.05) is 12.1 Å². The average molecular weight is 261 g/mol. The van der Waals surface area contributed by atoms with Gasteiger partial charge in [0.15, 0.2) is 0 Å². The highest BCUT2D eigenvalue weighted by Gasteiger charge is 2.34. The minimum absolute atomic E-state index is 0.725. The number of hydrogen-bond acceptors (Lipinski definition) is 5. The molecule has 104 valence electrons. The lowest BCUT2D eigenvalue weighted by atomic mass is 10.1. The van der Waals surface area contributed by atoms with E-state index in [2.05, 4.69) is 33.3 Å². The number of anilines is 1. The number of hydrogen-bond donors (Lipinski definition) is 2. The van der Waals surface area contributed by atoms with Gasteiger partial charge in [-0.2, -0.15) is 0 Å². The van der Waals surface area contributed by atoms with Crippen molar-refractivity contribution in [2.75, 3.05) is 25.6 Å². The topological polar surface area (TPSA) is 57.4 Å². The molecular formula is C14H23N5. The van der Waals surface area contributed by atoms with Crippen LogP contribution in [0.1, 0.15) is 25.0 Å². The molecule has 0 spiro atoms. The molecule has 0 radical (unpaired) electrons. The maximum atomic E-state index is 5.41. The number of likely N-dealkylation sites (tertiary alicyclic amines) is 1. The van der Waals surface area contributed by atoms with Crippen molar-refractivity contribution < 1.29 is 0 Å². The molecule has 0 aromatic carbocycles. The number of nitrogens with zero attached hydrogens (tertiary/aromatic N) is 3. The number of nitrogen functional groups attached to an aromatic ring is 1. The monoisotopic (exact) mass is 261 g/mol. The highest BCUT2D eigenvalue weighted by Crippen LogP contribution is 2.28. The third-order valence-electron chi connectivity index (χ3n) is 4.57. The smallest absolute Gasteiger partial charge is 0.140 e. The number of rotatable bonds is 3. The van der Waals surface area contributed by atoms with Gasteiger partial charge in [0.2, 0.25) is 0 Å². The van der Waals surface area contributed by atoms with E-state index in [1.54, 1.807) is 0 Å². The van der Waals surface area contributed by atoms with E-state index in [9.17, 15) is 0 Å². The molecule has 2 unspecified atom stereocenters. The lowest BCUT2D eigenvalue weighted by Gasteiger charge is -2.25. The second-order valence-electron chi connectivity index (χ2n) is 5.73. The Balaban J connectivity index is 1.66. The standard InChI is InChI=1S/C14H23N5/c1-18-12-5-6-13(18)10-19(8-7-12)9-11-3-2-4-14(16-11)17-15/h2-4,12-13H,5-10,15H2,1H3,(H,16,17). The zero-order valence-corrected chi connectivity index (χ0v) is 11.5. The number of fused-ring (bicyclic) bond motifs is 2. The number of nitrogens with one attached hydrogen (secondary N) is 1. The van der Waals surface area contributed by atoms with Crippen molar-refractivity contribution in [3.05, 3.63) is 23.9 Å². The van der Waals surface area contributed by atoms with Crippen LogP contribution in [0.3, 0.4) is 0 Å². The molecule has 2 fully saturated rings. The molecule has 0 amide bonds. The Morgan fingerprint density at radius 3 is 3.00 bits per heavy atom. The fourth-order valence-corrected chi connectivity index (χ4v) is 3.40. The minimum atomic E-state index is 0.725. The van der Waals surface area contributed by atoms with Crippen LogP contribution in [-0.4, -0.2) is 47.0 Å². The summed E-state index contributed by atoms with van der Waals surface area (Å²) in [6.07, 6.45) is 4.00. The van der Waals surface area contributed by atoms with Gasteiger partial charge in [0.05, 0.1) is 5.69 Å². The molecular weight excluding hydrogens is 238 g/mol. The molecule has 2 aliphatic heterocycles. The summed E-state index contributed by atoms with van der Waals surface area (Å²) in [6.45, 7) is 3.26. The zero-order valence-electron chi connectivity index (χ0n) is 11.5. The van der Waals surface area contributed by atoms with Crippen molar-refractivity contribution in [1.82, 2.24) is 14.8 Å². The second kappa shape index (κ2) is 5.45. The molecule has 2 aliphatic rings. The first-order valence-corrected chi connectivity index (χ1v) is 7.13. The van der Waals surface area contributed by atoms with Gasteiger partial charge in [0, 0.05) is 31.7 Å². The van der Waals surface area contributed by atoms with Crippen LogP contribution < -0.4 is 11.3 Å². The van der Waals surface area contributed by atoms with Crippen LogP contribution >= 0.6 is 0 Å². The Bertz CT molecular complexity index is 436. The molecule has 2 bridgehead atoms. The summed E-state index contributed by atoms with van der Waals surface area (Å²) in [5, 5.41) is 0. The van der Waals surface area contributed by atoms with E-state index in [0.717, 1.165) is 36.7 Å². The molecule has 19 heavy (non-hydrogen) atoms. The number of hydrazine groups is 1. The first-order valence-electron chi connectivity index (χ1n) is 7.13. The van der Waals surface area contributed by atoms with E-state index >= 15 is 0 Å². The van der Waals surface area contributed by atoms with Crippen molar-refractivity contribution in [3.63, 3.8) is 0 Å². The molecule has 2 saturated heterocycles. The summed E-state index contributed by atoms with van der Waals surface area (Å²) in [4.78, 5) is 9.61. The summed E-state index contributed by atoms with van der Waals surface area (Å²) in [6, 6.07) is 7.49. The summed E-state index contributed by atoms with van der Waals surface area (Å²) < 4.78 is 0. The van der Waals surface area contributed by atoms with Crippen molar-refractivity contribution in [2.24, 2.45) is 5.84 Å². The average Bonchev–Trinajstić information content (AvgIpc) is 2.67. The summed E-state index contributed by atoms with van der Waals surface area (Å²) >= 11 is 0. The molecule has 1 aromatic heterocycles. The van der Waals surface area contributed by atoms with Crippen molar-refractivity contribution in [1.29, 1.82) is 0 Å². The maximum Gasteiger partial charge on any atom is 0.140 e. The molecule has 3 N–H and O–H groups in total. The van der Waals surface area contributed by atoms with E-state index in [0.29, 0.717) is 0 Å². The lowest BCUT2D eigenvalue weighted by molar-refractivity contribution is 0.213. The van der Waals surface area contributed by atoms with Gasteiger partial charge in [0.25, 0.3) is 0 Å². The van der Waals surface area contributed by atoms with Crippen molar-refractivity contribution >= 4 is 5.82 Å². The van der Waals surface area contributed by atoms with E-state index in [1.165, 1.54) is 25.8 Å². The fourth-order valence-electron chi connectivity index (χ4n) is 3.40. The van der Waals surface area contributed by atoms with Crippen LogP contribution in [0, 0.1) is 0 Å². The first-order chi connectivity index (χ1) is 9.26. The predicted octanol–water partition coefficient (Wildman–Crippen LogP) is 1.04. The Labute approximate surface area is 114 Å².